The van der Waals surface area contributed by atoms with Crippen LogP contribution in [-0.2, 0) is 14.8 Å². The molecule has 0 spiro atoms. The highest BCUT2D eigenvalue weighted by Crippen LogP contribution is 2.32. The van der Waals surface area contributed by atoms with Crippen LogP contribution >= 0.6 is 0 Å². The van der Waals surface area contributed by atoms with E-state index in [1.54, 1.807) is 6.92 Å². The zero-order valence-electron chi connectivity index (χ0n) is 13.3. The number of carboxylic acids is 1. The van der Waals surface area contributed by atoms with Crippen molar-refractivity contribution >= 4 is 16.0 Å². The number of rotatable bonds is 8. The molecule has 1 aromatic rings. The summed E-state index contributed by atoms with van der Waals surface area (Å²) in [5.41, 5.74) is -1.74. The van der Waals surface area contributed by atoms with Gasteiger partial charge in [0.1, 0.15) is 16.3 Å². The minimum absolute atomic E-state index is 0.0156. The maximum absolute atomic E-state index is 14.1. The highest BCUT2D eigenvalue weighted by molar-refractivity contribution is 7.89. The van der Waals surface area contributed by atoms with E-state index in [1.807, 2.05) is 0 Å². The van der Waals surface area contributed by atoms with E-state index in [0.717, 1.165) is 12.1 Å². The van der Waals surface area contributed by atoms with Crippen LogP contribution in [-0.4, -0.2) is 39.3 Å². The number of hydrogen-bond donors (Lipinski definition) is 2. The number of sulfonamides is 1. The summed E-state index contributed by atoms with van der Waals surface area (Å²) in [6, 6.07) is 1.82. The van der Waals surface area contributed by atoms with Gasteiger partial charge in [0, 0.05) is 12.1 Å². The average molecular weight is 349 g/mol. The van der Waals surface area contributed by atoms with Crippen molar-refractivity contribution in [2.75, 3.05) is 14.2 Å². The Morgan fingerprint density at radius 2 is 1.83 bits per heavy atom. The van der Waals surface area contributed by atoms with Gasteiger partial charge in [-0.3, -0.25) is 4.79 Å². The lowest BCUT2D eigenvalue weighted by Gasteiger charge is -2.25. The lowest BCUT2D eigenvalue weighted by Crippen LogP contribution is -2.52. The average Bonchev–Trinajstić information content (AvgIpc) is 2.46. The molecule has 0 saturated heterocycles. The van der Waals surface area contributed by atoms with Gasteiger partial charge >= 0.3 is 5.97 Å². The second-order valence-electron chi connectivity index (χ2n) is 5.13. The molecule has 1 atom stereocenters. The normalized spacial score (nSPS) is 14.1. The summed E-state index contributed by atoms with van der Waals surface area (Å²) >= 11 is 0. The Kier molecular flexibility index (Phi) is 5.95. The fourth-order valence-electron chi connectivity index (χ4n) is 2.09. The first-order valence-corrected chi connectivity index (χ1v) is 8.28. The molecule has 9 heteroatoms. The number of carboxylic acid groups (broad SMARTS) is 1. The predicted octanol–water partition coefficient (Wildman–Crippen LogP) is 1.76. The summed E-state index contributed by atoms with van der Waals surface area (Å²) in [6.45, 7) is 2.95. The number of hydrogen-bond acceptors (Lipinski definition) is 5. The van der Waals surface area contributed by atoms with Gasteiger partial charge in [0.15, 0.2) is 11.5 Å². The van der Waals surface area contributed by atoms with Crippen LogP contribution in [0, 0.1) is 5.82 Å². The van der Waals surface area contributed by atoms with Crippen molar-refractivity contribution in [1.29, 1.82) is 0 Å². The third-order valence-electron chi connectivity index (χ3n) is 3.31. The van der Waals surface area contributed by atoms with Gasteiger partial charge in [-0.2, -0.15) is 4.72 Å². The molecule has 7 nitrogen and oxygen atoms in total. The molecule has 0 bridgehead atoms. The van der Waals surface area contributed by atoms with Gasteiger partial charge in [0.05, 0.1) is 14.2 Å². The Balaban J connectivity index is 3.36. The number of benzene rings is 1. The van der Waals surface area contributed by atoms with E-state index in [0.29, 0.717) is 6.42 Å². The highest BCUT2D eigenvalue weighted by atomic mass is 32.2. The number of nitrogens with one attached hydrogen (secondary N) is 1. The molecule has 0 fully saturated rings. The van der Waals surface area contributed by atoms with E-state index < -0.39 is 32.2 Å². The Morgan fingerprint density at radius 1 is 1.30 bits per heavy atom. The molecule has 0 amide bonds. The number of carbonyl (C=O) groups is 1. The first kappa shape index (κ1) is 19.2. The molecule has 2 N–H and O–H groups in total. The second kappa shape index (κ2) is 7.14. The van der Waals surface area contributed by atoms with Crippen molar-refractivity contribution < 1.29 is 32.2 Å². The van der Waals surface area contributed by atoms with Gasteiger partial charge in [0.25, 0.3) is 0 Å². The van der Waals surface area contributed by atoms with Gasteiger partial charge in [-0.05, 0) is 13.3 Å². The Bertz CT molecular complexity index is 691. The van der Waals surface area contributed by atoms with E-state index in [-0.39, 0.29) is 17.9 Å². The third kappa shape index (κ3) is 4.11. The smallest absolute Gasteiger partial charge is 0.324 e. The predicted molar refractivity (Wildman–Crippen MR) is 80.8 cm³/mol. The molecular formula is C14H20FNO6S. The van der Waals surface area contributed by atoms with Crippen LogP contribution in [0.5, 0.6) is 11.5 Å². The van der Waals surface area contributed by atoms with Crippen LogP contribution in [0.25, 0.3) is 0 Å². The fourth-order valence-corrected chi connectivity index (χ4v) is 3.56. The zero-order chi connectivity index (χ0) is 17.8. The lowest BCUT2D eigenvalue weighted by molar-refractivity contribution is -0.143. The molecule has 23 heavy (non-hydrogen) atoms. The Hall–Kier alpha value is -1.87. The number of halogens is 1. The van der Waals surface area contributed by atoms with Crippen molar-refractivity contribution in [3.05, 3.63) is 17.9 Å². The molecule has 130 valence electrons. The molecule has 0 radical (unpaired) electrons. The summed E-state index contributed by atoms with van der Waals surface area (Å²) in [6.07, 6.45) is 0.482. The van der Waals surface area contributed by atoms with Crippen LogP contribution in [0.4, 0.5) is 4.39 Å². The van der Waals surface area contributed by atoms with Crippen LogP contribution < -0.4 is 14.2 Å². The molecule has 0 saturated carbocycles. The van der Waals surface area contributed by atoms with E-state index in [4.69, 9.17) is 9.47 Å². The highest BCUT2D eigenvalue weighted by Gasteiger charge is 2.38. The first-order valence-electron chi connectivity index (χ1n) is 6.80. The second-order valence-corrected chi connectivity index (χ2v) is 6.78. The van der Waals surface area contributed by atoms with Crippen LogP contribution in [0.2, 0.25) is 0 Å². The van der Waals surface area contributed by atoms with Crippen LogP contribution in [0.1, 0.15) is 26.7 Å². The maximum atomic E-state index is 14.1. The molecular weight excluding hydrogens is 329 g/mol. The lowest BCUT2D eigenvalue weighted by atomic mass is 9.98. The molecule has 0 aliphatic carbocycles. The quantitative estimate of drug-likeness (QED) is 0.741. The first-order chi connectivity index (χ1) is 10.6. The van der Waals surface area contributed by atoms with Crippen molar-refractivity contribution in [2.45, 2.75) is 37.1 Å². The Morgan fingerprint density at radius 3 is 2.26 bits per heavy atom. The SMILES string of the molecule is CCC[C@@](C)(NS(=O)(=O)c1cc(OC)c(OC)cc1F)C(=O)O. The van der Waals surface area contributed by atoms with Crippen LogP contribution in [0.15, 0.2) is 17.0 Å². The fraction of sp³-hybridized carbons (Fsp3) is 0.500. The van der Waals surface area contributed by atoms with E-state index in [2.05, 4.69) is 4.72 Å². The van der Waals surface area contributed by atoms with E-state index in [1.165, 1.54) is 21.1 Å². The zero-order valence-corrected chi connectivity index (χ0v) is 14.2. The summed E-state index contributed by atoms with van der Waals surface area (Å²) in [4.78, 5) is 10.7. The number of methoxy groups -OCH3 is 2. The number of ether oxygens (including phenoxy) is 2. The van der Waals surface area contributed by atoms with E-state index in [9.17, 15) is 22.7 Å². The van der Waals surface area contributed by atoms with Gasteiger partial charge in [-0.1, -0.05) is 13.3 Å². The van der Waals surface area contributed by atoms with Crippen molar-refractivity contribution in [3.8, 4) is 11.5 Å². The van der Waals surface area contributed by atoms with Gasteiger partial charge in [-0.25, -0.2) is 12.8 Å². The van der Waals surface area contributed by atoms with Gasteiger partial charge < -0.3 is 14.6 Å². The van der Waals surface area contributed by atoms with Gasteiger partial charge in [-0.15, -0.1) is 0 Å². The number of aliphatic carboxylic acids is 1. The molecule has 1 aromatic carbocycles. The van der Waals surface area contributed by atoms with Crippen molar-refractivity contribution in [3.63, 3.8) is 0 Å². The molecule has 0 aromatic heterocycles. The largest absolute Gasteiger partial charge is 0.493 e. The third-order valence-corrected chi connectivity index (χ3v) is 4.92. The maximum Gasteiger partial charge on any atom is 0.324 e. The minimum atomic E-state index is -4.41. The minimum Gasteiger partial charge on any atom is -0.493 e. The van der Waals surface area contributed by atoms with Crippen molar-refractivity contribution in [2.24, 2.45) is 0 Å². The summed E-state index contributed by atoms with van der Waals surface area (Å²) in [5, 5.41) is 9.26. The molecule has 0 unspecified atom stereocenters. The monoisotopic (exact) mass is 349 g/mol. The summed E-state index contributed by atoms with van der Waals surface area (Å²) < 4.78 is 50.8. The molecule has 1 rings (SSSR count). The van der Waals surface area contributed by atoms with Crippen LogP contribution in [0.3, 0.4) is 0 Å². The summed E-state index contributed by atoms with van der Waals surface area (Å²) in [7, 11) is -1.85. The summed E-state index contributed by atoms with van der Waals surface area (Å²) in [5.74, 6) is -2.37. The molecule has 0 aliphatic heterocycles. The molecule has 0 heterocycles. The van der Waals surface area contributed by atoms with E-state index >= 15 is 0 Å². The standard InChI is InChI=1S/C14H20FNO6S/c1-5-6-14(2,13(17)18)16-23(19,20)12-8-11(22-4)10(21-3)7-9(12)15/h7-8,16H,5-6H2,1-4H3,(H,17,18)/t14-/m1/s1. The van der Waals surface area contributed by atoms with Crippen molar-refractivity contribution in [1.82, 2.24) is 4.72 Å². The van der Waals surface area contributed by atoms with Gasteiger partial charge in [0.2, 0.25) is 10.0 Å². The topological polar surface area (TPSA) is 102 Å². The Labute approximate surface area is 134 Å². The molecule has 0 aliphatic rings.